The van der Waals surface area contributed by atoms with Gasteiger partial charge in [0.05, 0.1) is 12.2 Å². The first-order valence-electron chi connectivity index (χ1n) is 19.8. The monoisotopic (exact) mass is 837 g/mol. The Hall–Kier alpha value is -4.97. The van der Waals surface area contributed by atoms with Crippen LogP contribution in [0.3, 0.4) is 0 Å². The third-order valence-corrected chi connectivity index (χ3v) is 8.95. The second-order valence-electron chi connectivity index (χ2n) is 16.3. The molecule has 18 nitrogen and oxygen atoms in total. The average molecular weight is 837 g/mol. The molecule has 0 saturated heterocycles. The van der Waals surface area contributed by atoms with Crippen molar-refractivity contribution in [3.63, 3.8) is 0 Å². The summed E-state index contributed by atoms with van der Waals surface area (Å²) in [5, 5.41) is 34.3. The SMILES string of the molecule is C.CC[C@H](C)[C@H](NC(=O)[C@@H](CCCN=C(N)N)NC(=O)[C@H](CC(C)C)NC(=O)[C@@H](NC(=O)OC(C)(C)C)[C@H](O)C(C)C)C(=O)N[C@H](C(=O)OCc1ccccc1)[C@H](C)O. The molecule has 11 N–H and O–H groups in total. The lowest BCUT2D eigenvalue weighted by atomic mass is 9.96. The van der Waals surface area contributed by atoms with E-state index in [2.05, 4.69) is 31.6 Å². The molecule has 0 aliphatic rings. The number of carbonyl (C=O) groups excluding carboxylic acids is 6. The molecule has 0 saturated carbocycles. The second kappa shape index (κ2) is 26.2. The zero-order valence-corrected chi connectivity index (χ0v) is 35.7. The Morgan fingerprint density at radius 2 is 1.31 bits per heavy atom. The van der Waals surface area contributed by atoms with Crippen LogP contribution in [-0.4, -0.2) is 106 Å². The van der Waals surface area contributed by atoms with Crippen LogP contribution in [-0.2, 0) is 40.1 Å². The van der Waals surface area contributed by atoms with Crippen molar-refractivity contribution in [1.82, 2.24) is 26.6 Å². The zero-order chi connectivity index (χ0) is 44.3. The highest BCUT2D eigenvalue weighted by atomic mass is 16.6. The molecule has 5 amide bonds. The highest BCUT2D eigenvalue weighted by Gasteiger charge is 2.37. The normalized spacial score (nSPS) is 15.4. The summed E-state index contributed by atoms with van der Waals surface area (Å²) >= 11 is 0. The van der Waals surface area contributed by atoms with Gasteiger partial charge in [-0.05, 0) is 70.3 Å². The maximum atomic E-state index is 14.0. The quantitative estimate of drug-likeness (QED) is 0.0330. The standard InChI is InChI=1S/C40H68N8O10.CH4/c1-11-24(6)29(35(53)47-30(25(7)49)37(55)57-21-26-16-13-12-14-17-26)46-33(51)27(18-15-19-43-38(41)42)44-34(52)28(20-22(2)3)45-36(54)31(32(50)23(4)5)48-39(56)58-40(8,9)10;/h12-14,16-17,22-25,27-32,49-50H,11,15,18-21H2,1-10H3,(H,44,52)(H,45,54)(H,46,51)(H,47,53)(H,48,56)(H4,41,42,43);1H4/t24-,25-,27+,28-,29-,30-,31-,32+;/m0./s1. The molecule has 1 rings (SSSR count). The number of carbonyl (C=O) groups is 6. The van der Waals surface area contributed by atoms with Crippen LogP contribution >= 0.6 is 0 Å². The van der Waals surface area contributed by atoms with Gasteiger partial charge in [0.2, 0.25) is 23.6 Å². The number of amides is 5. The van der Waals surface area contributed by atoms with Crippen LogP contribution in [0, 0.1) is 17.8 Å². The van der Waals surface area contributed by atoms with Gasteiger partial charge in [0, 0.05) is 6.54 Å². The largest absolute Gasteiger partial charge is 0.459 e. The van der Waals surface area contributed by atoms with Crippen molar-refractivity contribution in [2.45, 2.75) is 157 Å². The lowest BCUT2D eigenvalue weighted by molar-refractivity contribution is -0.152. The van der Waals surface area contributed by atoms with Gasteiger partial charge in [0.25, 0.3) is 0 Å². The number of rotatable bonds is 23. The number of hydrogen-bond donors (Lipinski definition) is 9. The maximum absolute atomic E-state index is 14.0. The summed E-state index contributed by atoms with van der Waals surface area (Å²) in [4.78, 5) is 85.0. The number of nitrogens with two attached hydrogens (primary N) is 2. The molecule has 1 aromatic carbocycles. The summed E-state index contributed by atoms with van der Waals surface area (Å²) in [5.74, 6) is -5.29. The molecule has 18 heteroatoms. The number of esters is 1. The lowest BCUT2D eigenvalue weighted by Crippen LogP contribution is -2.61. The highest BCUT2D eigenvalue weighted by Crippen LogP contribution is 2.15. The van der Waals surface area contributed by atoms with Gasteiger partial charge in [0.1, 0.15) is 36.4 Å². The van der Waals surface area contributed by atoms with Gasteiger partial charge in [-0.3, -0.25) is 24.2 Å². The number of nitrogens with one attached hydrogen (secondary N) is 5. The Morgan fingerprint density at radius 3 is 1.81 bits per heavy atom. The summed E-state index contributed by atoms with van der Waals surface area (Å²) < 4.78 is 10.7. The van der Waals surface area contributed by atoms with Gasteiger partial charge in [-0.25, -0.2) is 9.59 Å². The molecule has 0 aliphatic heterocycles. The molecule has 59 heavy (non-hydrogen) atoms. The molecular weight excluding hydrogens is 764 g/mol. The number of benzene rings is 1. The molecule has 0 aromatic heterocycles. The van der Waals surface area contributed by atoms with Crippen LogP contribution in [0.4, 0.5) is 4.79 Å². The number of aliphatic hydroxyl groups excluding tert-OH is 2. The fourth-order valence-corrected chi connectivity index (χ4v) is 5.53. The van der Waals surface area contributed by atoms with Gasteiger partial charge in [-0.2, -0.15) is 0 Å². The minimum absolute atomic E-state index is 0. The molecule has 0 bridgehead atoms. The van der Waals surface area contributed by atoms with E-state index < -0.39 is 95.5 Å². The van der Waals surface area contributed by atoms with E-state index in [-0.39, 0.29) is 51.7 Å². The molecule has 8 atom stereocenters. The second-order valence-corrected chi connectivity index (χ2v) is 16.3. The minimum Gasteiger partial charge on any atom is -0.459 e. The van der Waals surface area contributed by atoms with Gasteiger partial charge in [-0.1, -0.05) is 85.7 Å². The fraction of sp³-hybridized carbons (Fsp3) is 0.683. The molecule has 0 heterocycles. The first-order chi connectivity index (χ1) is 27.0. The van der Waals surface area contributed by atoms with Gasteiger partial charge in [-0.15, -0.1) is 0 Å². The van der Waals surface area contributed by atoms with Crippen LogP contribution in [0.1, 0.15) is 108 Å². The van der Waals surface area contributed by atoms with E-state index in [1.54, 1.807) is 78.8 Å². The third kappa shape index (κ3) is 20.5. The average Bonchev–Trinajstić information content (AvgIpc) is 3.13. The van der Waals surface area contributed by atoms with Crippen LogP contribution in [0.15, 0.2) is 35.3 Å². The smallest absolute Gasteiger partial charge is 0.408 e. The van der Waals surface area contributed by atoms with Crippen molar-refractivity contribution in [2.75, 3.05) is 6.54 Å². The van der Waals surface area contributed by atoms with Crippen molar-refractivity contribution in [3.8, 4) is 0 Å². The molecular formula is C41H72N8O10. The summed E-state index contributed by atoms with van der Waals surface area (Å²) in [6, 6.07) is 2.18. The minimum atomic E-state index is -1.49. The Kier molecular flexibility index (Phi) is 24.0. The predicted octanol–water partition coefficient (Wildman–Crippen LogP) is 1.74. The van der Waals surface area contributed by atoms with Crippen LogP contribution < -0.4 is 38.1 Å². The Bertz CT molecular complexity index is 1510. The molecule has 0 radical (unpaired) electrons. The Labute approximate surface area is 349 Å². The first-order valence-corrected chi connectivity index (χ1v) is 19.8. The van der Waals surface area contributed by atoms with Crippen molar-refractivity contribution in [2.24, 2.45) is 34.2 Å². The van der Waals surface area contributed by atoms with E-state index in [0.29, 0.717) is 12.0 Å². The Morgan fingerprint density at radius 1 is 0.763 bits per heavy atom. The molecule has 1 aromatic rings. The summed E-state index contributed by atoms with van der Waals surface area (Å²) in [5.41, 5.74) is 10.8. The van der Waals surface area contributed by atoms with E-state index in [0.717, 1.165) is 0 Å². The van der Waals surface area contributed by atoms with Crippen molar-refractivity contribution < 1.29 is 48.5 Å². The molecule has 336 valence electrons. The van der Waals surface area contributed by atoms with E-state index >= 15 is 0 Å². The lowest BCUT2D eigenvalue weighted by Gasteiger charge is -2.31. The number of nitrogens with zero attached hydrogens (tertiary/aromatic N) is 1. The van der Waals surface area contributed by atoms with E-state index in [9.17, 15) is 39.0 Å². The van der Waals surface area contributed by atoms with E-state index in [4.69, 9.17) is 20.9 Å². The van der Waals surface area contributed by atoms with Crippen LogP contribution in [0.5, 0.6) is 0 Å². The van der Waals surface area contributed by atoms with Crippen LogP contribution in [0.25, 0.3) is 0 Å². The molecule has 0 spiro atoms. The number of aliphatic imine (C=N–C) groups is 1. The van der Waals surface area contributed by atoms with Crippen LogP contribution in [0.2, 0.25) is 0 Å². The summed E-state index contributed by atoms with van der Waals surface area (Å²) in [7, 11) is 0. The first kappa shape index (κ1) is 54.0. The number of guanidine groups is 1. The molecule has 0 unspecified atom stereocenters. The Balaban J connectivity index is 0.0000336. The van der Waals surface area contributed by atoms with Gasteiger partial charge >= 0.3 is 12.1 Å². The highest BCUT2D eigenvalue weighted by molar-refractivity contribution is 5.96. The fourth-order valence-electron chi connectivity index (χ4n) is 5.53. The zero-order valence-electron chi connectivity index (χ0n) is 35.7. The number of aliphatic hydroxyl groups is 2. The summed E-state index contributed by atoms with van der Waals surface area (Å²) in [6.07, 6.45) is -2.90. The van der Waals surface area contributed by atoms with Crippen molar-refractivity contribution >= 4 is 41.7 Å². The third-order valence-electron chi connectivity index (χ3n) is 8.95. The van der Waals surface area contributed by atoms with E-state index in [1.807, 2.05) is 13.8 Å². The predicted molar refractivity (Wildman–Crippen MR) is 225 cm³/mol. The van der Waals surface area contributed by atoms with Gasteiger partial charge < -0.3 is 57.7 Å². The van der Waals surface area contributed by atoms with Crippen molar-refractivity contribution in [1.29, 1.82) is 0 Å². The van der Waals surface area contributed by atoms with Crippen molar-refractivity contribution in [3.05, 3.63) is 35.9 Å². The summed E-state index contributed by atoms with van der Waals surface area (Å²) in [6.45, 7) is 16.7. The maximum Gasteiger partial charge on any atom is 0.408 e. The number of hydrogen-bond acceptors (Lipinski definition) is 11. The van der Waals surface area contributed by atoms with E-state index in [1.165, 1.54) is 6.92 Å². The molecule has 0 aliphatic carbocycles. The topological polar surface area (TPSA) is 286 Å². The number of ether oxygens (including phenoxy) is 2. The number of alkyl carbamates (subject to hydrolysis) is 1. The van der Waals surface area contributed by atoms with Gasteiger partial charge in [0.15, 0.2) is 12.0 Å². The molecule has 0 fully saturated rings.